The van der Waals surface area contributed by atoms with Crippen molar-refractivity contribution in [3.63, 3.8) is 0 Å². The molecular formula is C25H38N2O7. The number of nitrogens with two attached hydrogens (primary N) is 1. The van der Waals surface area contributed by atoms with Crippen LogP contribution >= 0.6 is 0 Å². The zero-order valence-corrected chi connectivity index (χ0v) is 20.3. The number of ether oxygens (including phenoxy) is 1. The van der Waals surface area contributed by atoms with Crippen LogP contribution in [0.5, 0.6) is 11.5 Å². The number of rotatable bonds is 12. The average molecular weight is 479 g/mol. The molecule has 0 heterocycles. The van der Waals surface area contributed by atoms with Crippen molar-refractivity contribution >= 4 is 17.8 Å². The van der Waals surface area contributed by atoms with Gasteiger partial charge in [0.1, 0.15) is 6.04 Å². The first-order valence-electron chi connectivity index (χ1n) is 11.8. The Kier molecular flexibility index (Phi) is 9.73. The number of benzene rings is 1. The van der Waals surface area contributed by atoms with E-state index in [-0.39, 0.29) is 18.2 Å². The molecule has 1 amide bonds. The van der Waals surface area contributed by atoms with Crippen molar-refractivity contribution in [3.05, 3.63) is 23.8 Å². The van der Waals surface area contributed by atoms with Crippen LogP contribution in [0.4, 0.5) is 0 Å². The van der Waals surface area contributed by atoms with Gasteiger partial charge in [-0.3, -0.25) is 9.59 Å². The van der Waals surface area contributed by atoms with Gasteiger partial charge >= 0.3 is 11.9 Å². The number of phenols is 1. The molecule has 0 aliphatic heterocycles. The fourth-order valence-corrected chi connectivity index (χ4v) is 4.66. The van der Waals surface area contributed by atoms with Gasteiger partial charge < -0.3 is 30.7 Å². The van der Waals surface area contributed by atoms with Gasteiger partial charge in [0.15, 0.2) is 11.5 Å². The average Bonchev–Trinajstić information content (AvgIpc) is 2.78. The quantitative estimate of drug-likeness (QED) is 0.358. The van der Waals surface area contributed by atoms with Gasteiger partial charge in [-0.2, -0.15) is 0 Å². The van der Waals surface area contributed by atoms with Gasteiger partial charge in [0.05, 0.1) is 19.6 Å². The third-order valence-electron chi connectivity index (χ3n) is 6.88. The molecule has 0 spiro atoms. The Morgan fingerprint density at radius 3 is 2.35 bits per heavy atom. The predicted molar refractivity (Wildman–Crippen MR) is 127 cm³/mol. The van der Waals surface area contributed by atoms with E-state index >= 15 is 0 Å². The number of methoxy groups -OCH3 is 1. The van der Waals surface area contributed by atoms with Crippen molar-refractivity contribution in [2.45, 2.75) is 82.7 Å². The molecule has 2 atom stereocenters. The molecule has 1 fully saturated rings. The molecule has 2 rings (SSSR count). The number of carboxylic acid groups (broad SMARTS) is 2. The van der Waals surface area contributed by atoms with Crippen molar-refractivity contribution < 1.29 is 34.4 Å². The summed E-state index contributed by atoms with van der Waals surface area (Å²) in [6, 6.07) is 2.67. The molecule has 0 unspecified atom stereocenters. The fraction of sp³-hybridized carbons (Fsp3) is 0.640. The second-order valence-electron chi connectivity index (χ2n) is 9.85. The minimum Gasteiger partial charge on any atom is -0.504 e. The van der Waals surface area contributed by atoms with Crippen molar-refractivity contribution in [1.82, 2.24) is 4.90 Å². The maximum atomic E-state index is 13.2. The standard InChI is InChI=1S/C25H38N2O7/c1-25(2,17-9-10-21(34-3)20(28)14-17)11-12-27(23(31)18(26)15-22(29)30)19(24(32)33)13-16-7-5-4-6-8-16/h9-10,14,16,18-19,28H,4-8,11-13,15,26H2,1-3H3,(H,29,30)(H,32,33)/t18-,19-/m0/s1. The summed E-state index contributed by atoms with van der Waals surface area (Å²) in [6.07, 6.45) is 5.19. The monoisotopic (exact) mass is 478 g/mol. The second-order valence-corrected chi connectivity index (χ2v) is 9.85. The van der Waals surface area contributed by atoms with E-state index in [1.807, 2.05) is 19.9 Å². The van der Waals surface area contributed by atoms with E-state index in [2.05, 4.69) is 0 Å². The molecule has 1 aliphatic carbocycles. The van der Waals surface area contributed by atoms with Crippen LogP contribution in [0.1, 0.15) is 70.8 Å². The maximum Gasteiger partial charge on any atom is 0.326 e. The van der Waals surface area contributed by atoms with Gasteiger partial charge in [0.25, 0.3) is 0 Å². The lowest BCUT2D eigenvalue weighted by Crippen LogP contribution is -2.53. The summed E-state index contributed by atoms with van der Waals surface area (Å²) in [7, 11) is 1.46. The van der Waals surface area contributed by atoms with Crippen LogP contribution in [0.2, 0.25) is 0 Å². The summed E-state index contributed by atoms with van der Waals surface area (Å²) < 4.78 is 5.10. The highest BCUT2D eigenvalue weighted by molar-refractivity contribution is 5.89. The van der Waals surface area contributed by atoms with E-state index in [0.717, 1.165) is 37.7 Å². The summed E-state index contributed by atoms with van der Waals surface area (Å²) in [5.74, 6) is -2.46. The zero-order valence-electron chi connectivity index (χ0n) is 20.3. The number of amides is 1. The van der Waals surface area contributed by atoms with E-state index in [0.29, 0.717) is 18.6 Å². The van der Waals surface area contributed by atoms with Gasteiger partial charge in [-0.15, -0.1) is 0 Å². The second kappa shape index (κ2) is 12.1. The largest absolute Gasteiger partial charge is 0.504 e. The van der Waals surface area contributed by atoms with Crippen molar-refractivity contribution in [2.75, 3.05) is 13.7 Å². The van der Waals surface area contributed by atoms with Crippen LogP contribution in [0.15, 0.2) is 18.2 Å². The topological polar surface area (TPSA) is 150 Å². The molecule has 1 saturated carbocycles. The SMILES string of the molecule is COc1ccc(C(C)(C)CCN(C(=O)[C@@H](N)CC(=O)O)[C@@H](CC2CCCCC2)C(=O)O)cc1O. The highest BCUT2D eigenvalue weighted by Crippen LogP contribution is 2.35. The molecule has 9 heteroatoms. The van der Waals surface area contributed by atoms with Gasteiger partial charge in [0, 0.05) is 6.54 Å². The minimum absolute atomic E-state index is 0.00908. The van der Waals surface area contributed by atoms with E-state index in [4.69, 9.17) is 15.6 Å². The van der Waals surface area contributed by atoms with Crippen LogP contribution in [0.3, 0.4) is 0 Å². The normalized spacial score (nSPS) is 16.5. The Balaban J connectivity index is 2.28. The fourth-order valence-electron chi connectivity index (χ4n) is 4.66. The number of aromatic hydroxyl groups is 1. The summed E-state index contributed by atoms with van der Waals surface area (Å²) in [6.45, 7) is 3.96. The highest BCUT2D eigenvalue weighted by atomic mass is 16.5. The van der Waals surface area contributed by atoms with E-state index in [1.54, 1.807) is 12.1 Å². The minimum atomic E-state index is -1.32. The van der Waals surface area contributed by atoms with E-state index in [9.17, 15) is 24.6 Å². The van der Waals surface area contributed by atoms with Gasteiger partial charge in [0.2, 0.25) is 5.91 Å². The van der Waals surface area contributed by atoms with Gasteiger partial charge in [-0.05, 0) is 41.9 Å². The molecule has 0 radical (unpaired) electrons. The lowest BCUT2D eigenvalue weighted by molar-refractivity contribution is -0.152. The molecule has 9 nitrogen and oxygen atoms in total. The first kappa shape index (κ1) is 27.4. The number of nitrogens with zero attached hydrogens (tertiary/aromatic N) is 1. The molecule has 5 N–H and O–H groups in total. The van der Waals surface area contributed by atoms with Crippen LogP contribution in [0.25, 0.3) is 0 Å². The van der Waals surface area contributed by atoms with Crippen molar-refractivity contribution in [3.8, 4) is 11.5 Å². The van der Waals surface area contributed by atoms with E-state index < -0.39 is 41.8 Å². The maximum absolute atomic E-state index is 13.2. The number of carboxylic acids is 2. The van der Waals surface area contributed by atoms with Crippen molar-refractivity contribution in [1.29, 1.82) is 0 Å². The molecule has 0 saturated heterocycles. The lowest BCUT2D eigenvalue weighted by Gasteiger charge is -2.36. The zero-order chi connectivity index (χ0) is 25.5. The Hall–Kier alpha value is -2.81. The number of aliphatic carboxylic acids is 2. The molecule has 0 bridgehead atoms. The summed E-state index contributed by atoms with van der Waals surface area (Å²) in [4.78, 5) is 37.9. The first-order chi connectivity index (χ1) is 16.0. The molecule has 190 valence electrons. The summed E-state index contributed by atoms with van der Waals surface area (Å²) in [5, 5.41) is 29.3. The Labute approximate surface area is 200 Å². The summed E-state index contributed by atoms with van der Waals surface area (Å²) in [5.41, 5.74) is 6.16. The van der Waals surface area contributed by atoms with Crippen molar-refractivity contribution in [2.24, 2.45) is 11.7 Å². The molecule has 34 heavy (non-hydrogen) atoms. The molecule has 1 aromatic rings. The molecule has 1 aliphatic rings. The Morgan fingerprint density at radius 1 is 1.18 bits per heavy atom. The Morgan fingerprint density at radius 2 is 1.82 bits per heavy atom. The van der Waals surface area contributed by atoms with Gasteiger partial charge in [-0.1, -0.05) is 52.0 Å². The predicted octanol–water partition coefficient (Wildman–Crippen LogP) is 3.12. The van der Waals surface area contributed by atoms with Gasteiger partial charge in [-0.25, -0.2) is 4.79 Å². The van der Waals surface area contributed by atoms with Crippen LogP contribution < -0.4 is 10.5 Å². The first-order valence-corrected chi connectivity index (χ1v) is 11.8. The highest BCUT2D eigenvalue weighted by Gasteiger charge is 2.36. The number of phenolic OH excluding ortho intramolecular Hbond substituents is 1. The number of hydrogen-bond donors (Lipinski definition) is 4. The number of carbonyl (C=O) groups is 3. The van der Waals surface area contributed by atoms with E-state index in [1.165, 1.54) is 12.0 Å². The third-order valence-corrected chi connectivity index (χ3v) is 6.88. The van der Waals surface area contributed by atoms with Crippen LogP contribution in [0, 0.1) is 5.92 Å². The van der Waals surface area contributed by atoms with Crippen LogP contribution in [-0.2, 0) is 19.8 Å². The number of carbonyl (C=O) groups excluding carboxylic acids is 1. The molecular weight excluding hydrogens is 440 g/mol. The number of hydrogen-bond acceptors (Lipinski definition) is 6. The lowest BCUT2D eigenvalue weighted by atomic mass is 9.80. The third kappa shape index (κ3) is 7.35. The smallest absolute Gasteiger partial charge is 0.326 e. The Bertz CT molecular complexity index is 865. The molecule has 0 aromatic heterocycles. The summed E-state index contributed by atoms with van der Waals surface area (Å²) >= 11 is 0. The van der Waals surface area contributed by atoms with Crippen LogP contribution in [-0.4, -0.2) is 63.8 Å². The molecule has 1 aromatic carbocycles.